The van der Waals surface area contributed by atoms with Gasteiger partial charge in [-0.15, -0.1) is 0 Å². The lowest BCUT2D eigenvalue weighted by Crippen LogP contribution is -2.40. The lowest BCUT2D eigenvalue weighted by atomic mass is 10.1. The first-order valence-corrected chi connectivity index (χ1v) is 9.15. The quantitative estimate of drug-likeness (QED) is 0.769. The summed E-state index contributed by atoms with van der Waals surface area (Å²) in [6, 6.07) is 12.3. The van der Waals surface area contributed by atoms with Gasteiger partial charge in [0.1, 0.15) is 0 Å². The fourth-order valence-electron chi connectivity index (χ4n) is 2.64. The van der Waals surface area contributed by atoms with E-state index >= 15 is 0 Å². The van der Waals surface area contributed by atoms with Gasteiger partial charge in [0.25, 0.3) is 11.8 Å². The molecule has 0 aliphatic rings. The molecule has 2 amide bonds. The first-order chi connectivity index (χ1) is 13.2. The molecule has 150 valence electrons. The second-order valence-electron chi connectivity index (χ2n) is 7.48. The van der Waals surface area contributed by atoms with Gasteiger partial charge in [-0.25, -0.2) is 0 Å². The van der Waals surface area contributed by atoms with E-state index in [4.69, 9.17) is 9.47 Å². The Bertz CT molecular complexity index is 823. The zero-order valence-corrected chi connectivity index (χ0v) is 17.1. The Labute approximate surface area is 166 Å². The standard InChI is InChI=1S/C22H28N2O4/c1-22(2,3)24-21(26)17-9-7-16(8-10-17)20(25)23-13-12-15-6-11-18(27-4)19(14-15)28-5/h6-11,14H,12-13H2,1-5H3,(H,23,25)(H,24,26). The summed E-state index contributed by atoms with van der Waals surface area (Å²) in [5, 5.41) is 5.78. The predicted molar refractivity (Wildman–Crippen MR) is 109 cm³/mol. The van der Waals surface area contributed by atoms with Crippen LogP contribution >= 0.6 is 0 Å². The number of carbonyl (C=O) groups excluding carboxylic acids is 2. The minimum absolute atomic E-state index is 0.159. The van der Waals surface area contributed by atoms with Crippen molar-refractivity contribution in [2.45, 2.75) is 32.7 Å². The number of amides is 2. The Kier molecular flexibility index (Phi) is 7.04. The molecule has 0 aliphatic heterocycles. The number of benzene rings is 2. The number of nitrogens with one attached hydrogen (secondary N) is 2. The molecule has 2 rings (SSSR count). The fourth-order valence-corrected chi connectivity index (χ4v) is 2.64. The molecule has 2 aromatic rings. The van der Waals surface area contributed by atoms with Crippen LogP contribution in [0.1, 0.15) is 47.1 Å². The Hall–Kier alpha value is -3.02. The molecule has 6 heteroatoms. The minimum Gasteiger partial charge on any atom is -0.493 e. The zero-order valence-electron chi connectivity index (χ0n) is 17.1. The number of hydrogen-bond donors (Lipinski definition) is 2. The van der Waals surface area contributed by atoms with Crippen LogP contribution in [-0.4, -0.2) is 38.1 Å². The fraction of sp³-hybridized carbons (Fsp3) is 0.364. The minimum atomic E-state index is -0.308. The highest BCUT2D eigenvalue weighted by atomic mass is 16.5. The van der Waals surface area contributed by atoms with Gasteiger partial charge in [0, 0.05) is 23.2 Å². The number of hydrogen-bond acceptors (Lipinski definition) is 4. The molecule has 0 heterocycles. The molecule has 6 nitrogen and oxygen atoms in total. The summed E-state index contributed by atoms with van der Waals surface area (Å²) in [5.74, 6) is 0.998. The lowest BCUT2D eigenvalue weighted by Gasteiger charge is -2.20. The van der Waals surface area contributed by atoms with Crippen LogP contribution in [0, 0.1) is 0 Å². The third-order valence-electron chi connectivity index (χ3n) is 4.04. The van der Waals surface area contributed by atoms with Crippen LogP contribution in [0.3, 0.4) is 0 Å². The summed E-state index contributed by atoms with van der Waals surface area (Å²) in [5.41, 5.74) is 1.76. The van der Waals surface area contributed by atoms with Gasteiger partial charge in [-0.2, -0.15) is 0 Å². The van der Waals surface area contributed by atoms with Crippen molar-refractivity contribution >= 4 is 11.8 Å². The maximum Gasteiger partial charge on any atom is 0.251 e. The van der Waals surface area contributed by atoms with Gasteiger partial charge >= 0.3 is 0 Å². The second kappa shape index (κ2) is 9.26. The Morgan fingerprint density at radius 2 is 1.43 bits per heavy atom. The third-order valence-corrected chi connectivity index (χ3v) is 4.04. The van der Waals surface area contributed by atoms with Gasteiger partial charge < -0.3 is 20.1 Å². The van der Waals surface area contributed by atoms with Crippen molar-refractivity contribution in [1.29, 1.82) is 0 Å². The highest BCUT2D eigenvalue weighted by molar-refractivity contribution is 5.98. The molecule has 0 unspecified atom stereocenters. The van der Waals surface area contributed by atoms with Crippen LogP contribution in [0.4, 0.5) is 0 Å². The van der Waals surface area contributed by atoms with Crippen molar-refractivity contribution in [2.75, 3.05) is 20.8 Å². The molecule has 0 radical (unpaired) electrons. The SMILES string of the molecule is COc1ccc(CCNC(=O)c2ccc(C(=O)NC(C)(C)C)cc2)cc1OC. The molecule has 2 aromatic carbocycles. The normalized spacial score (nSPS) is 10.9. The first kappa shape index (κ1) is 21.3. The number of methoxy groups -OCH3 is 2. The van der Waals surface area contributed by atoms with Gasteiger partial charge in [-0.1, -0.05) is 6.07 Å². The predicted octanol–water partition coefficient (Wildman–Crippen LogP) is 3.20. The van der Waals surface area contributed by atoms with E-state index in [-0.39, 0.29) is 17.4 Å². The van der Waals surface area contributed by atoms with Crippen LogP contribution in [0.25, 0.3) is 0 Å². The smallest absolute Gasteiger partial charge is 0.251 e. The van der Waals surface area contributed by atoms with E-state index in [1.807, 2.05) is 39.0 Å². The summed E-state index contributed by atoms with van der Waals surface area (Å²) in [4.78, 5) is 24.4. The van der Waals surface area contributed by atoms with Crippen LogP contribution in [-0.2, 0) is 6.42 Å². The Morgan fingerprint density at radius 1 is 0.857 bits per heavy atom. The summed E-state index contributed by atoms with van der Waals surface area (Å²) in [6.45, 7) is 6.25. The zero-order chi connectivity index (χ0) is 20.7. The largest absolute Gasteiger partial charge is 0.493 e. The second-order valence-corrected chi connectivity index (χ2v) is 7.48. The van der Waals surface area contributed by atoms with E-state index in [9.17, 15) is 9.59 Å². The van der Waals surface area contributed by atoms with Crippen molar-refractivity contribution in [1.82, 2.24) is 10.6 Å². The van der Waals surface area contributed by atoms with Crippen molar-refractivity contribution in [3.05, 3.63) is 59.2 Å². The lowest BCUT2D eigenvalue weighted by molar-refractivity contribution is 0.0915. The van der Waals surface area contributed by atoms with Crippen LogP contribution in [0.5, 0.6) is 11.5 Å². The molecule has 0 fully saturated rings. The van der Waals surface area contributed by atoms with Crippen LogP contribution < -0.4 is 20.1 Å². The molecule has 28 heavy (non-hydrogen) atoms. The molecular formula is C22H28N2O4. The van der Waals surface area contributed by atoms with Gasteiger partial charge in [-0.05, 0) is 69.2 Å². The van der Waals surface area contributed by atoms with E-state index in [2.05, 4.69) is 10.6 Å². The average Bonchev–Trinajstić information content (AvgIpc) is 2.66. The maximum atomic E-state index is 12.3. The first-order valence-electron chi connectivity index (χ1n) is 9.15. The third kappa shape index (κ3) is 6.01. The molecular weight excluding hydrogens is 356 g/mol. The van der Waals surface area contributed by atoms with Crippen molar-refractivity contribution in [3.8, 4) is 11.5 Å². The maximum absolute atomic E-state index is 12.3. The van der Waals surface area contributed by atoms with E-state index in [0.717, 1.165) is 5.56 Å². The highest BCUT2D eigenvalue weighted by Crippen LogP contribution is 2.27. The molecule has 0 saturated heterocycles. The Morgan fingerprint density at radius 3 is 1.96 bits per heavy atom. The van der Waals surface area contributed by atoms with Crippen molar-refractivity contribution in [2.24, 2.45) is 0 Å². The van der Waals surface area contributed by atoms with Gasteiger partial charge in [-0.3, -0.25) is 9.59 Å². The number of carbonyl (C=O) groups is 2. The number of ether oxygens (including phenoxy) is 2. The molecule has 0 saturated carbocycles. The van der Waals surface area contributed by atoms with Gasteiger partial charge in [0.2, 0.25) is 0 Å². The number of rotatable bonds is 7. The van der Waals surface area contributed by atoms with Gasteiger partial charge in [0.15, 0.2) is 11.5 Å². The summed E-state index contributed by atoms with van der Waals surface area (Å²) in [7, 11) is 3.19. The van der Waals surface area contributed by atoms with E-state index in [1.54, 1.807) is 38.5 Å². The molecule has 2 N–H and O–H groups in total. The van der Waals surface area contributed by atoms with E-state index < -0.39 is 0 Å². The average molecular weight is 384 g/mol. The molecule has 0 atom stereocenters. The molecule has 0 bridgehead atoms. The monoisotopic (exact) mass is 384 g/mol. The molecule has 0 spiro atoms. The van der Waals surface area contributed by atoms with Gasteiger partial charge in [0.05, 0.1) is 14.2 Å². The van der Waals surface area contributed by atoms with Crippen molar-refractivity contribution in [3.63, 3.8) is 0 Å². The highest BCUT2D eigenvalue weighted by Gasteiger charge is 2.15. The van der Waals surface area contributed by atoms with Crippen molar-refractivity contribution < 1.29 is 19.1 Å². The van der Waals surface area contributed by atoms with E-state index in [0.29, 0.717) is 35.6 Å². The summed E-state index contributed by atoms with van der Waals surface area (Å²) >= 11 is 0. The summed E-state index contributed by atoms with van der Waals surface area (Å²) in [6.07, 6.45) is 0.665. The molecule has 0 aromatic heterocycles. The van der Waals surface area contributed by atoms with Crippen LogP contribution in [0.2, 0.25) is 0 Å². The summed E-state index contributed by atoms with van der Waals surface area (Å²) < 4.78 is 10.5. The van der Waals surface area contributed by atoms with E-state index in [1.165, 1.54) is 0 Å². The van der Waals surface area contributed by atoms with Crippen LogP contribution in [0.15, 0.2) is 42.5 Å². The topological polar surface area (TPSA) is 76.7 Å². The molecule has 0 aliphatic carbocycles. The Balaban J connectivity index is 1.90.